The largest absolute Gasteiger partial charge is 0.467 e. The molecule has 4 rings (SSSR count). The van der Waals surface area contributed by atoms with Gasteiger partial charge in [0.15, 0.2) is 0 Å². The molecular weight excluding hydrogens is 408 g/mol. The van der Waals surface area contributed by atoms with Gasteiger partial charge < -0.3 is 15.0 Å². The average molecular weight is 432 g/mol. The molecule has 1 unspecified atom stereocenters. The van der Waals surface area contributed by atoms with E-state index in [0.29, 0.717) is 17.3 Å². The Balaban J connectivity index is 1.46. The van der Waals surface area contributed by atoms with E-state index in [1.807, 2.05) is 49.5 Å². The molecule has 2 aromatic heterocycles. The quantitative estimate of drug-likeness (QED) is 0.437. The van der Waals surface area contributed by atoms with Gasteiger partial charge in [0.05, 0.1) is 24.3 Å². The third kappa shape index (κ3) is 4.25. The molecule has 1 amide bonds. The van der Waals surface area contributed by atoms with Crippen molar-refractivity contribution in [3.63, 3.8) is 0 Å². The van der Waals surface area contributed by atoms with Crippen molar-refractivity contribution in [3.05, 3.63) is 76.5 Å². The number of carbonyl (C=O) groups excluding carboxylic acids is 2. The summed E-state index contributed by atoms with van der Waals surface area (Å²) in [7, 11) is 1.29. The van der Waals surface area contributed by atoms with Crippen molar-refractivity contribution in [1.82, 2.24) is 19.9 Å². The van der Waals surface area contributed by atoms with Gasteiger partial charge in [-0.2, -0.15) is 0 Å². The van der Waals surface area contributed by atoms with Crippen LogP contribution in [0.1, 0.15) is 17.5 Å². The van der Waals surface area contributed by atoms with Crippen LogP contribution in [0.3, 0.4) is 0 Å². The van der Waals surface area contributed by atoms with Crippen molar-refractivity contribution < 1.29 is 14.3 Å². The number of aromatic nitrogens is 3. The summed E-state index contributed by atoms with van der Waals surface area (Å²) < 4.78 is 6.30. The number of esters is 1. The molecule has 0 saturated carbocycles. The highest BCUT2D eigenvalue weighted by molar-refractivity contribution is 5.87. The smallest absolute Gasteiger partial charge is 0.328 e. The third-order valence-corrected chi connectivity index (χ3v) is 5.55. The molecule has 0 aliphatic heterocycles. The number of aryl methyl sites for hydroxylation is 2. The van der Waals surface area contributed by atoms with Gasteiger partial charge in [0.2, 0.25) is 5.91 Å². The molecule has 0 spiro atoms. The number of nitrogens with zero attached hydrogens (tertiary/aromatic N) is 2. The van der Waals surface area contributed by atoms with E-state index >= 15 is 0 Å². The molecule has 32 heavy (non-hydrogen) atoms. The number of para-hydroxylation sites is 2. The zero-order valence-electron chi connectivity index (χ0n) is 17.9. The van der Waals surface area contributed by atoms with Gasteiger partial charge in [0, 0.05) is 36.5 Å². The topological polar surface area (TPSA) is 106 Å². The Hall–Kier alpha value is -3.94. The minimum absolute atomic E-state index is 0.0281. The maximum Gasteiger partial charge on any atom is 0.328 e. The molecule has 8 heteroatoms. The molecule has 1 atom stereocenters. The molecule has 0 bridgehead atoms. The van der Waals surface area contributed by atoms with E-state index in [4.69, 9.17) is 4.74 Å². The highest BCUT2D eigenvalue weighted by Gasteiger charge is 2.23. The minimum Gasteiger partial charge on any atom is -0.467 e. The number of nitrogens with one attached hydrogen (secondary N) is 2. The molecule has 0 fully saturated rings. The molecular formula is C24H24N4O4. The molecule has 0 aliphatic carbocycles. The number of ether oxygens (including phenoxy) is 1. The SMILES string of the molecule is COC(=O)C(Cc1c[nH]c2ccccc12)NC(=O)CCn1cnc2c(C)cccc2c1=O. The molecule has 2 aromatic carbocycles. The summed E-state index contributed by atoms with van der Waals surface area (Å²) >= 11 is 0. The summed E-state index contributed by atoms with van der Waals surface area (Å²) in [6.45, 7) is 2.05. The van der Waals surface area contributed by atoms with Crippen LogP contribution >= 0.6 is 0 Å². The Morgan fingerprint density at radius 2 is 1.94 bits per heavy atom. The summed E-state index contributed by atoms with van der Waals surface area (Å²) in [6, 6.07) is 12.3. The molecule has 4 aromatic rings. The van der Waals surface area contributed by atoms with Crippen LogP contribution in [-0.4, -0.2) is 39.6 Å². The van der Waals surface area contributed by atoms with Crippen molar-refractivity contribution in [2.75, 3.05) is 7.11 Å². The van der Waals surface area contributed by atoms with Crippen LogP contribution in [-0.2, 0) is 27.3 Å². The number of methoxy groups -OCH3 is 1. The number of fused-ring (bicyclic) bond motifs is 2. The molecule has 2 heterocycles. The van der Waals surface area contributed by atoms with Gasteiger partial charge in [0.25, 0.3) is 5.56 Å². The first kappa shape index (κ1) is 21.3. The van der Waals surface area contributed by atoms with Gasteiger partial charge in [0.1, 0.15) is 6.04 Å². The number of carbonyl (C=O) groups is 2. The van der Waals surface area contributed by atoms with E-state index in [9.17, 15) is 14.4 Å². The lowest BCUT2D eigenvalue weighted by Crippen LogP contribution is -2.43. The Kier molecular flexibility index (Phi) is 6.02. The second-order valence-electron chi connectivity index (χ2n) is 7.67. The number of aromatic amines is 1. The molecule has 0 aliphatic rings. The third-order valence-electron chi connectivity index (χ3n) is 5.55. The Bertz CT molecular complexity index is 1360. The number of amides is 1. The molecule has 164 valence electrons. The Morgan fingerprint density at radius 3 is 2.75 bits per heavy atom. The average Bonchev–Trinajstić information content (AvgIpc) is 3.21. The fourth-order valence-corrected chi connectivity index (χ4v) is 3.84. The van der Waals surface area contributed by atoms with Crippen molar-refractivity contribution in [3.8, 4) is 0 Å². The molecule has 8 nitrogen and oxygen atoms in total. The van der Waals surface area contributed by atoms with Crippen LogP contribution in [0.5, 0.6) is 0 Å². The van der Waals surface area contributed by atoms with Gasteiger partial charge in [-0.3, -0.25) is 14.2 Å². The van der Waals surface area contributed by atoms with E-state index in [-0.39, 0.29) is 24.4 Å². The molecule has 0 saturated heterocycles. The minimum atomic E-state index is -0.833. The first-order valence-corrected chi connectivity index (χ1v) is 10.3. The zero-order valence-corrected chi connectivity index (χ0v) is 17.9. The number of hydrogen-bond acceptors (Lipinski definition) is 5. The van der Waals surface area contributed by atoms with Gasteiger partial charge in [-0.05, 0) is 30.2 Å². The molecule has 2 N–H and O–H groups in total. The predicted molar refractivity (Wildman–Crippen MR) is 121 cm³/mol. The van der Waals surface area contributed by atoms with E-state index < -0.39 is 12.0 Å². The van der Waals surface area contributed by atoms with Crippen molar-refractivity contribution >= 4 is 33.7 Å². The highest BCUT2D eigenvalue weighted by Crippen LogP contribution is 2.19. The lowest BCUT2D eigenvalue weighted by atomic mass is 10.0. The first-order chi connectivity index (χ1) is 15.5. The lowest BCUT2D eigenvalue weighted by molar-refractivity contribution is -0.145. The standard InChI is InChI=1S/C24H24N4O4/c1-15-6-5-8-18-22(15)26-14-28(23(18)30)11-10-21(29)27-20(24(31)32-2)12-16-13-25-19-9-4-3-7-17(16)19/h3-9,13-14,20,25H,10-12H2,1-2H3,(H,27,29). The Labute approximate surface area is 184 Å². The monoisotopic (exact) mass is 432 g/mol. The van der Waals surface area contributed by atoms with Crippen LogP contribution in [0.2, 0.25) is 0 Å². The van der Waals surface area contributed by atoms with Crippen molar-refractivity contribution in [2.24, 2.45) is 0 Å². The van der Waals surface area contributed by atoms with Crippen LogP contribution in [0, 0.1) is 6.92 Å². The second-order valence-corrected chi connectivity index (χ2v) is 7.67. The fourth-order valence-electron chi connectivity index (χ4n) is 3.84. The predicted octanol–water partition coefficient (Wildman–Crippen LogP) is 2.48. The van der Waals surface area contributed by atoms with E-state index in [1.165, 1.54) is 18.0 Å². The van der Waals surface area contributed by atoms with Gasteiger partial charge in [-0.25, -0.2) is 9.78 Å². The van der Waals surface area contributed by atoms with Gasteiger partial charge in [-0.1, -0.05) is 30.3 Å². The van der Waals surface area contributed by atoms with Crippen LogP contribution < -0.4 is 10.9 Å². The van der Waals surface area contributed by atoms with Crippen LogP contribution in [0.25, 0.3) is 21.8 Å². The van der Waals surface area contributed by atoms with Crippen molar-refractivity contribution in [1.29, 1.82) is 0 Å². The zero-order chi connectivity index (χ0) is 22.7. The number of benzene rings is 2. The Morgan fingerprint density at radius 1 is 1.16 bits per heavy atom. The molecule has 0 radical (unpaired) electrons. The van der Waals surface area contributed by atoms with Gasteiger partial charge in [-0.15, -0.1) is 0 Å². The number of rotatable bonds is 7. The lowest BCUT2D eigenvalue weighted by Gasteiger charge is -2.16. The maximum absolute atomic E-state index is 12.7. The van der Waals surface area contributed by atoms with E-state index in [1.54, 1.807) is 6.07 Å². The normalized spacial score (nSPS) is 12.1. The number of hydrogen-bond donors (Lipinski definition) is 2. The summed E-state index contributed by atoms with van der Waals surface area (Å²) in [5.41, 5.74) is 3.23. The van der Waals surface area contributed by atoms with Crippen LogP contribution in [0.4, 0.5) is 0 Å². The van der Waals surface area contributed by atoms with E-state index in [0.717, 1.165) is 22.0 Å². The first-order valence-electron chi connectivity index (χ1n) is 10.3. The highest BCUT2D eigenvalue weighted by atomic mass is 16.5. The van der Waals surface area contributed by atoms with E-state index in [2.05, 4.69) is 15.3 Å². The van der Waals surface area contributed by atoms with Crippen molar-refractivity contribution in [2.45, 2.75) is 32.4 Å². The summed E-state index contributed by atoms with van der Waals surface area (Å²) in [5, 5.41) is 4.24. The summed E-state index contributed by atoms with van der Waals surface area (Å²) in [4.78, 5) is 45.1. The summed E-state index contributed by atoms with van der Waals surface area (Å²) in [5.74, 6) is -0.875. The second kappa shape index (κ2) is 9.05. The number of H-pyrrole nitrogens is 1. The van der Waals surface area contributed by atoms with Crippen LogP contribution in [0.15, 0.2) is 59.8 Å². The fraction of sp³-hybridized carbons (Fsp3) is 0.250. The van der Waals surface area contributed by atoms with Gasteiger partial charge >= 0.3 is 5.97 Å². The summed E-state index contributed by atoms with van der Waals surface area (Å²) in [6.07, 6.45) is 3.60. The maximum atomic E-state index is 12.7.